The molecule has 0 aromatic rings. The third-order valence-corrected chi connectivity index (χ3v) is 30.9. The van der Waals surface area contributed by atoms with E-state index in [-0.39, 0.29) is 0 Å². The summed E-state index contributed by atoms with van der Waals surface area (Å²) in [7, 11) is 0. The Balaban J connectivity index is 5.73. The van der Waals surface area contributed by atoms with E-state index in [0.29, 0.717) is 6.86 Å². The van der Waals surface area contributed by atoms with Crippen LogP contribution in [-0.4, -0.2) is 18.4 Å². The molecule has 0 saturated carbocycles. The van der Waals surface area contributed by atoms with Gasteiger partial charge >= 0.3 is 167 Å². The van der Waals surface area contributed by atoms with E-state index in [0.717, 1.165) is 11.8 Å². The van der Waals surface area contributed by atoms with Crippen molar-refractivity contribution < 1.29 is 0 Å². The summed E-state index contributed by atoms with van der Waals surface area (Å²) in [6.45, 7) is 25.3. The van der Waals surface area contributed by atoms with Crippen LogP contribution in [0.2, 0.25) is 15.7 Å². The minimum atomic E-state index is -2.43. The van der Waals surface area contributed by atoms with Crippen molar-refractivity contribution in [2.45, 2.75) is 136 Å². The molecule has 0 aromatic carbocycles. The molecule has 0 aliphatic heterocycles. The second-order valence-electron chi connectivity index (χ2n) is 10.8. The van der Waals surface area contributed by atoms with Gasteiger partial charge in [-0.25, -0.2) is 0 Å². The fourth-order valence-corrected chi connectivity index (χ4v) is 27.6. The summed E-state index contributed by atoms with van der Waals surface area (Å²) < 4.78 is 4.38. The van der Waals surface area contributed by atoms with Crippen LogP contribution < -0.4 is 0 Å². The Bertz CT molecular complexity index is 297. The summed E-state index contributed by atoms with van der Waals surface area (Å²) in [6, 6.07) is 0. The van der Waals surface area contributed by atoms with Gasteiger partial charge in [0.05, 0.1) is 0 Å². The van der Waals surface area contributed by atoms with Gasteiger partial charge < -0.3 is 0 Å². The zero-order valence-electron chi connectivity index (χ0n) is 19.7. The molecule has 2 atom stereocenters. The van der Waals surface area contributed by atoms with Crippen molar-refractivity contribution >= 4 is 18.4 Å². The quantitative estimate of drug-likeness (QED) is 0.255. The molecule has 0 nitrogen and oxygen atoms in total. The normalized spacial score (nSPS) is 16.1. The molecule has 0 N–H and O–H groups in total. The Hall–Kier alpha value is 0.799. The molecular weight excluding hydrogens is 407 g/mol. The van der Waals surface area contributed by atoms with Crippen molar-refractivity contribution in [1.82, 2.24) is 0 Å². The van der Waals surface area contributed by atoms with Crippen molar-refractivity contribution in [2.24, 2.45) is 11.8 Å². The average molecular weight is 459 g/mol. The van der Waals surface area contributed by atoms with Crippen LogP contribution in [0.15, 0.2) is 0 Å². The summed E-state index contributed by atoms with van der Waals surface area (Å²) in [5, 5.41) is 0. The van der Waals surface area contributed by atoms with Crippen molar-refractivity contribution in [1.29, 1.82) is 0 Å². The van der Waals surface area contributed by atoms with Crippen LogP contribution in [0.25, 0.3) is 0 Å². The SMILES string of the molecule is CCCCC(CC)[CH2][Sn]([CH2]C(CC)CCCC)([C](C)(C)C)[C](C)(C)C. The molecule has 0 amide bonds. The Morgan fingerprint density at radius 3 is 1.12 bits per heavy atom. The topological polar surface area (TPSA) is 0 Å². The molecule has 25 heavy (non-hydrogen) atoms. The molecule has 0 aliphatic rings. The summed E-state index contributed by atoms with van der Waals surface area (Å²) in [4.78, 5) is 0. The summed E-state index contributed by atoms with van der Waals surface area (Å²) >= 11 is -2.43. The first kappa shape index (κ1) is 25.8. The van der Waals surface area contributed by atoms with Crippen LogP contribution in [-0.2, 0) is 0 Å². The van der Waals surface area contributed by atoms with Crippen LogP contribution >= 0.6 is 0 Å². The number of hydrogen-bond acceptors (Lipinski definition) is 0. The number of hydrogen-bond donors (Lipinski definition) is 0. The van der Waals surface area contributed by atoms with Gasteiger partial charge in [-0.3, -0.25) is 0 Å². The van der Waals surface area contributed by atoms with Gasteiger partial charge in [0.2, 0.25) is 0 Å². The van der Waals surface area contributed by atoms with E-state index in [1.807, 2.05) is 0 Å². The first-order valence-electron chi connectivity index (χ1n) is 11.5. The summed E-state index contributed by atoms with van der Waals surface area (Å²) in [6.07, 6.45) is 11.3. The molecule has 0 rings (SSSR count). The van der Waals surface area contributed by atoms with Crippen molar-refractivity contribution in [3.63, 3.8) is 0 Å². The Morgan fingerprint density at radius 2 is 0.920 bits per heavy atom. The van der Waals surface area contributed by atoms with Crippen LogP contribution in [0, 0.1) is 11.8 Å². The molecule has 0 heterocycles. The molecule has 0 aliphatic carbocycles. The van der Waals surface area contributed by atoms with E-state index in [4.69, 9.17) is 0 Å². The van der Waals surface area contributed by atoms with Gasteiger partial charge in [0.1, 0.15) is 0 Å². The molecule has 2 unspecified atom stereocenters. The van der Waals surface area contributed by atoms with Crippen molar-refractivity contribution in [2.75, 3.05) is 0 Å². The van der Waals surface area contributed by atoms with Crippen LogP contribution in [0.3, 0.4) is 0 Å². The number of unbranched alkanes of at least 4 members (excludes halogenated alkanes) is 2. The van der Waals surface area contributed by atoms with E-state index in [1.165, 1.54) is 51.4 Å². The molecule has 0 bridgehead atoms. The minimum absolute atomic E-state index is 0.562. The third-order valence-electron chi connectivity index (χ3n) is 7.23. The number of rotatable bonds is 12. The second kappa shape index (κ2) is 11.6. The van der Waals surface area contributed by atoms with Gasteiger partial charge in [0, 0.05) is 0 Å². The van der Waals surface area contributed by atoms with E-state index in [1.54, 1.807) is 8.87 Å². The average Bonchev–Trinajstić information content (AvgIpc) is 2.51. The zero-order chi connectivity index (χ0) is 19.7. The van der Waals surface area contributed by atoms with Crippen molar-refractivity contribution in [3.05, 3.63) is 0 Å². The molecule has 152 valence electrons. The third kappa shape index (κ3) is 7.74. The summed E-state index contributed by atoms with van der Waals surface area (Å²) in [5.74, 6) is 1.97. The van der Waals surface area contributed by atoms with Crippen molar-refractivity contribution in [3.8, 4) is 0 Å². The molecule has 0 spiro atoms. The zero-order valence-corrected chi connectivity index (χ0v) is 22.6. The predicted molar refractivity (Wildman–Crippen MR) is 121 cm³/mol. The predicted octanol–water partition coefficient (Wildman–Crippen LogP) is 9.47. The van der Waals surface area contributed by atoms with Crippen LogP contribution in [0.5, 0.6) is 0 Å². The maximum absolute atomic E-state index is 2.62. The summed E-state index contributed by atoms with van der Waals surface area (Å²) in [5.41, 5.74) is 0. The first-order chi connectivity index (χ1) is 11.5. The van der Waals surface area contributed by atoms with Crippen LogP contribution in [0.1, 0.15) is 121 Å². The fourth-order valence-electron chi connectivity index (χ4n) is 5.31. The standard InChI is InChI=1S/2C8H17.2C4H9.Sn/c2*1-4-6-7-8(3)5-2;2*1-4(2)3;/h2*8H,3-7H2,1-2H3;2*1-3H3;. The van der Waals surface area contributed by atoms with E-state index in [9.17, 15) is 0 Å². The van der Waals surface area contributed by atoms with Gasteiger partial charge in [-0.15, -0.1) is 0 Å². The molecule has 0 aromatic heterocycles. The Kier molecular flexibility index (Phi) is 12.0. The monoisotopic (exact) mass is 460 g/mol. The van der Waals surface area contributed by atoms with Crippen LogP contribution in [0.4, 0.5) is 0 Å². The first-order valence-corrected chi connectivity index (χ1v) is 18.4. The van der Waals surface area contributed by atoms with E-state index >= 15 is 0 Å². The molecule has 0 saturated heterocycles. The van der Waals surface area contributed by atoms with Gasteiger partial charge in [-0.1, -0.05) is 0 Å². The Labute approximate surface area is 166 Å². The second-order valence-corrected chi connectivity index (χ2v) is 27.9. The van der Waals surface area contributed by atoms with E-state index in [2.05, 4.69) is 69.2 Å². The maximum atomic E-state index is 2.62. The Morgan fingerprint density at radius 1 is 0.600 bits per heavy atom. The van der Waals surface area contributed by atoms with Gasteiger partial charge in [-0.2, -0.15) is 0 Å². The molecule has 0 fully saturated rings. The van der Waals surface area contributed by atoms with Gasteiger partial charge in [-0.05, 0) is 0 Å². The molecular formula is C24H52Sn. The molecule has 0 radical (unpaired) electrons. The van der Waals surface area contributed by atoms with Gasteiger partial charge in [0.25, 0.3) is 0 Å². The van der Waals surface area contributed by atoms with E-state index < -0.39 is 18.4 Å². The fraction of sp³-hybridized carbons (Fsp3) is 1.00. The van der Waals surface area contributed by atoms with Gasteiger partial charge in [0.15, 0.2) is 0 Å². The molecule has 1 heteroatoms.